The summed E-state index contributed by atoms with van der Waals surface area (Å²) in [5.41, 5.74) is 16.5. The molecule has 2 fully saturated rings. The van der Waals surface area contributed by atoms with Crippen LogP contribution in [0.3, 0.4) is 0 Å². The number of nitrogens with zero attached hydrogens (tertiary/aromatic N) is 1. The number of aliphatic hydroxyl groups excluding tert-OH is 1. The third-order valence-corrected chi connectivity index (χ3v) is 32.1. The van der Waals surface area contributed by atoms with Crippen molar-refractivity contribution in [3.8, 4) is 5.75 Å². The number of aromatic hydroxyl groups is 1. The molecule has 0 radical (unpaired) electrons. The first-order chi connectivity index (χ1) is 65.6. The summed E-state index contributed by atoms with van der Waals surface area (Å²) < 4.78 is 397. The zero-order chi connectivity index (χ0) is 108. The van der Waals surface area contributed by atoms with Gasteiger partial charge in [-0.25, -0.2) is 0 Å². The van der Waals surface area contributed by atoms with Gasteiger partial charge in [0.15, 0.2) is 0 Å². The normalized spacial score (nSPS) is 15.3. The quantitative estimate of drug-likeness (QED) is 0.0376. The summed E-state index contributed by atoms with van der Waals surface area (Å²) >= 11 is 0. The fraction of sp³-hybridized carbons (Fsp3) is 0.118. The summed E-state index contributed by atoms with van der Waals surface area (Å²) in [5, 5.41) is 25.5. The Balaban J connectivity index is 0.000000196. The Morgan fingerprint density at radius 2 is 0.657 bits per heavy atom. The minimum Gasteiger partial charge on any atom is -0.507 e. The van der Waals surface area contributed by atoms with E-state index in [-0.39, 0.29) is 94.9 Å². The maximum Gasteiger partial charge on any atom is 0.425 e. The number of phenols is 1. The molecule has 766 valence electrons. The number of nitrogen functional groups attached to an aromatic ring is 3. The van der Waals surface area contributed by atoms with E-state index in [1.54, 1.807) is 84.9 Å². The fourth-order valence-corrected chi connectivity index (χ4v) is 23.4. The van der Waals surface area contributed by atoms with Crippen LogP contribution in [0, 0.1) is 16.7 Å². The molecule has 3 atom stereocenters. The van der Waals surface area contributed by atoms with E-state index in [4.69, 9.17) is 84.5 Å². The van der Waals surface area contributed by atoms with Crippen molar-refractivity contribution in [2.75, 3.05) is 23.0 Å². The topological polar surface area (TPSA) is 835 Å². The first kappa shape index (κ1) is 116. The zero-order valence-corrected chi connectivity index (χ0v) is 83.4. The first-order valence-corrected chi connectivity index (χ1v) is 57.7. The Kier molecular flexibility index (Phi) is 36.5. The highest BCUT2D eigenvalue weighted by Gasteiger charge is 2.65. The van der Waals surface area contributed by atoms with Crippen LogP contribution >= 0.6 is 0 Å². The Morgan fingerprint density at radius 3 is 1.07 bits per heavy atom. The van der Waals surface area contributed by atoms with Crippen molar-refractivity contribution in [2.45, 2.75) is 93.1 Å². The van der Waals surface area contributed by atoms with E-state index in [2.05, 4.69) is 4.98 Å². The van der Waals surface area contributed by atoms with Crippen LogP contribution in [0.5, 0.6) is 5.75 Å². The molecule has 2 saturated carbocycles. The molecule has 0 amide bonds. The number of phenolic OH excluding ortho intramolecular Hbond substituents is 1. The molecule has 0 aliphatic heterocycles. The largest absolute Gasteiger partial charge is 0.507 e. The predicted octanol–water partition coefficient (Wildman–Crippen LogP) is 11.2. The van der Waals surface area contributed by atoms with Crippen LogP contribution < -0.4 is 17.2 Å². The van der Waals surface area contributed by atoms with Crippen LogP contribution in [0.1, 0.15) is 33.1 Å². The zero-order valence-electron chi connectivity index (χ0n) is 72.8. The molecule has 0 saturated heterocycles. The summed E-state index contributed by atoms with van der Waals surface area (Å²) in [5.74, 6) is -0.156. The second-order valence-corrected chi connectivity index (χ2v) is 48.2. The van der Waals surface area contributed by atoms with Gasteiger partial charge in [0.05, 0.1) is 37.1 Å². The minimum atomic E-state index is -4.66. The molecular weight excluding hydrogens is 2150 g/mol. The highest BCUT2D eigenvalue weighted by molar-refractivity contribution is 7.89. The lowest BCUT2D eigenvalue weighted by molar-refractivity contribution is 0.0142. The lowest BCUT2D eigenvalue weighted by atomic mass is 9.70. The Labute approximate surface area is 819 Å². The van der Waals surface area contributed by atoms with Crippen LogP contribution in [0.4, 0.5) is 17.1 Å². The van der Waals surface area contributed by atoms with Crippen LogP contribution in [0.15, 0.2) is 333 Å². The molecule has 45 nitrogen and oxygen atoms in total. The lowest BCUT2D eigenvalue weighted by Gasteiger charge is -2.39. The lowest BCUT2D eigenvalue weighted by Crippen LogP contribution is -2.44. The molecule has 2 bridgehead atoms. The third kappa shape index (κ3) is 31.1. The molecule has 14 aromatic carbocycles. The van der Waals surface area contributed by atoms with Crippen molar-refractivity contribution in [1.82, 2.24) is 4.98 Å². The SMILES string of the molecule is CC1(C)C2CCC1(CS(=O)(=O)O)C(O)C2.Nc1ccc2cc(S(=O)(=O)O)cc(O)c2c1.Nc1ccc2cc(S(=O)(=O)O)cc(S(=O)(=O)O)c2c1.Nc1ccc2ccccc2c1S(=O)(=O)O.O=S(=O)(O)c1ccc2c(S(=O)(=O)O)cccc2c1.O=S(=O)(O)c1ccc2ccccc2c1.O=S(=O)(O)c1cccc2c(S(=O)(=O)O)cccc12.O=S(=O)(O)c1cccc2ccccc12.O=S(=O)(O)c1cccnc1.O=S(=O)=O. The van der Waals surface area contributed by atoms with E-state index in [0.717, 1.165) is 70.6 Å². The summed E-state index contributed by atoms with van der Waals surface area (Å²) in [7, 11) is -55.0. The van der Waals surface area contributed by atoms with Gasteiger partial charge >= 0.3 is 10.6 Å². The van der Waals surface area contributed by atoms with Crippen molar-refractivity contribution in [1.29, 1.82) is 0 Å². The van der Waals surface area contributed by atoms with Gasteiger partial charge in [0.2, 0.25) is 0 Å². The number of rotatable bonds is 13. The molecule has 58 heteroatoms. The minimum absolute atomic E-state index is 0.0233. The van der Waals surface area contributed by atoms with Gasteiger partial charge in [-0.05, 0) is 177 Å². The molecule has 0 spiro atoms. The van der Waals surface area contributed by atoms with Crippen LogP contribution in [0.25, 0.3) is 75.4 Å². The summed E-state index contributed by atoms with van der Waals surface area (Å²) in [6.45, 7) is 4.01. The van der Waals surface area contributed by atoms with Gasteiger partial charge in [0.1, 0.15) is 40.0 Å². The van der Waals surface area contributed by atoms with Gasteiger partial charge in [-0.15, -0.1) is 12.6 Å². The first-order valence-electron chi connectivity index (χ1n) is 39.2. The van der Waals surface area contributed by atoms with E-state index in [9.17, 15) is 111 Å². The number of benzene rings is 14. The van der Waals surface area contributed by atoms with E-state index in [0.29, 0.717) is 52.1 Å². The predicted molar refractivity (Wildman–Crippen MR) is 520 cm³/mol. The molecule has 2 aliphatic carbocycles. The van der Waals surface area contributed by atoms with Crippen molar-refractivity contribution in [3.63, 3.8) is 0 Å². The molecule has 15 aromatic rings. The summed E-state index contributed by atoms with van der Waals surface area (Å²) in [4.78, 5) is -0.106. The van der Waals surface area contributed by atoms with Crippen LogP contribution in [0.2, 0.25) is 0 Å². The van der Waals surface area contributed by atoms with Gasteiger partial charge in [-0.2, -0.15) is 101 Å². The molecule has 1 heterocycles. The van der Waals surface area contributed by atoms with E-state index in [1.807, 2.05) is 38.1 Å². The van der Waals surface area contributed by atoms with Crippen molar-refractivity contribution in [2.24, 2.45) is 16.7 Å². The highest BCUT2D eigenvalue weighted by atomic mass is 32.3. The summed E-state index contributed by atoms with van der Waals surface area (Å²) in [6, 6.07) is 64.1. The Morgan fingerprint density at radius 1 is 0.315 bits per heavy atom. The van der Waals surface area contributed by atoms with Crippen LogP contribution in [-0.4, -0.2) is 195 Å². The highest BCUT2D eigenvalue weighted by Crippen LogP contribution is 2.66. The van der Waals surface area contributed by atoms with E-state index in [1.165, 1.54) is 121 Å². The van der Waals surface area contributed by atoms with Crippen molar-refractivity contribution >= 4 is 224 Å². The Bertz CT molecular complexity index is 9020. The Hall–Kier alpha value is -12.3. The van der Waals surface area contributed by atoms with Gasteiger partial charge in [-0.1, -0.05) is 166 Å². The number of fused-ring (bicyclic) bond motifs is 9. The second kappa shape index (κ2) is 44.9. The molecule has 3 unspecified atom stereocenters. The van der Waals surface area contributed by atoms with Crippen molar-refractivity contribution < 1.29 is 178 Å². The maximum absolute atomic E-state index is 11.3. The number of nitrogens with two attached hydrogens (primary N) is 3. The third-order valence-electron chi connectivity index (χ3n) is 21.5. The average molecular weight is 2230 g/mol. The van der Waals surface area contributed by atoms with Gasteiger partial charge in [0.25, 0.3) is 121 Å². The molecule has 143 heavy (non-hydrogen) atoms. The number of anilines is 3. The number of pyridine rings is 1. The number of aliphatic hydroxyl groups is 1. The van der Waals surface area contributed by atoms with Crippen LogP contribution in [-0.2, 0) is 132 Å². The molecule has 1 aromatic heterocycles. The molecule has 17 rings (SSSR count). The standard InChI is InChI=1S/C10H9NO6S2.C10H9NO4S.C10H9NO3S.2C10H8O6S2.C10H18O4S.2C10H8O3S.C5H5NO3S.O3S/c11-7-2-1-6-3-8(18(12,13)14)5-10(9(6)4-7)19(15,16)17;11-7-2-1-6-3-8(16(13,14)15)5-10(12)9(6)4-7;11-9-6-5-7-3-1-2-4-8(7)10(9)15(12,13)14;11-17(12,13)9-5-1-3-7-8(9)4-2-6-10(7)18(14,15)16;11-17(12,13)8-4-5-9-7(6-8)2-1-3-10(9)18(14,15)16;1-9(2)7-3-4-10(9,8(11)5-7)6-15(12,13)14;11-14(12,13)10-7-3-5-8-4-1-2-6-9(8)10;11-14(12,13)10-6-5-8-3-1-2-4-9(8)7-10;7-10(8,9)5-2-1-3-6-4-5;1-4(2)3/h1-5H,11H2,(H,12,13,14)(H,15,16,17);1-5,12H,11H2,(H,13,14,15);1-6H,11H2,(H,12,13,14);2*1-6H,(H,11,12,13)(H,14,15,16);7-8,11H,3-6H2,1-2H3,(H,12,13,14);2*1-7H,(H,11,12,13);1-4H,(H,7,8,9);. The fourth-order valence-electron chi connectivity index (χ4n) is 15.0. The average Bonchev–Trinajstić information content (AvgIpc) is 1.55. The number of aromatic nitrogens is 1. The number of hydrogen-bond donors (Lipinski definition) is 17. The van der Waals surface area contributed by atoms with E-state index >= 15 is 0 Å². The smallest absolute Gasteiger partial charge is 0.425 e. The van der Waals surface area contributed by atoms with E-state index < -0.39 is 163 Å². The molecule has 2 aliphatic rings. The van der Waals surface area contributed by atoms with Gasteiger partial charge < -0.3 is 27.4 Å². The monoisotopic (exact) mass is 2230 g/mol. The van der Waals surface area contributed by atoms with Gasteiger partial charge in [0, 0.05) is 73.0 Å². The molecular formula is C85H82N4O41S13. The van der Waals surface area contributed by atoms with Gasteiger partial charge in [-0.3, -0.25) is 59.6 Å². The number of hydrogen-bond acceptors (Lipinski definition) is 33. The maximum atomic E-state index is 11.3. The summed E-state index contributed by atoms with van der Waals surface area (Å²) in [6.07, 6.45) is 4.24. The second-order valence-electron chi connectivity index (χ2n) is 31.0. The van der Waals surface area contributed by atoms with Crippen molar-refractivity contribution in [3.05, 3.63) is 279 Å². The molecule has 20 N–H and O–H groups in total.